The summed E-state index contributed by atoms with van der Waals surface area (Å²) in [6, 6.07) is 3.91. The van der Waals surface area contributed by atoms with Gasteiger partial charge in [-0.15, -0.1) is 0 Å². The van der Waals surface area contributed by atoms with E-state index in [1.165, 1.54) is 6.07 Å². The molecule has 0 atom stereocenters. The first-order valence-corrected chi connectivity index (χ1v) is 6.60. The van der Waals surface area contributed by atoms with Crippen LogP contribution < -0.4 is 0 Å². The lowest BCUT2D eigenvalue weighted by Crippen LogP contribution is -2.07. The number of fused-ring (bicyclic) bond motifs is 1. The van der Waals surface area contributed by atoms with Crippen molar-refractivity contribution < 1.29 is 13.2 Å². The number of aromatic nitrogens is 2. The summed E-state index contributed by atoms with van der Waals surface area (Å²) in [5.74, 6) is 0. The number of imidazole rings is 1. The molecule has 1 aromatic carbocycles. The van der Waals surface area contributed by atoms with Gasteiger partial charge in [0, 0.05) is 6.04 Å². The Labute approximate surface area is 114 Å². The van der Waals surface area contributed by atoms with Gasteiger partial charge in [-0.1, -0.05) is 13.8 Å². The lowest BCUT2D eigenvalue weighted by molar-refractivity contribution is -0.137. The van der Waals surface area contributed by atoms with Crippen LogP contribution in [0.3, 0.4) is 0 Å². The second-order valence-electron chi connectivity index (χ2n) is 4.50. The number of hydrogen-bond acceptors (Lipinski definition) is 1. The SMILES string of the molecule is CCC(CC)n1c(=S)[nH]c2cc(C(F)(F)F)ccc21. The van der Waals surface area contributed by atoms with Crippen molar-refractivity contribution in [1.29, 1.82) is 0 Å². The van der Waals surface area contributed by atoms with Crippen molar-refractivity contribution in [3.8, 4) is 0 Å². The topological polar surface area (TPSA) is 20.7 Å². The minimum Gasteiger partial charge on any atom is -0.331 e. The van der Waals surface area contributed by atoms with E-state index >= 15 is 0 Å². The van der Waals surface area contributed by atoms with Gasteiger partial charge >= 0.3 is 6.18 Å². The summed E-state index contributed by atoms with van der Waals surface area (Å²) in [4.78, 5) is 2.87. The average Bonchev–Trinajstić information content (AvgIpc) is 2.66. The highest BCUT2D eigenvalue weighted by atomic mass is 32.1. The van der Waals surface area contributed by atoms with E-state index in [0.717, 1.165) is 30.5 Å². The number of rotatable bonds is 3. The molecule has 0 amide bonds. The van der Waals surface area contributed by atoms with Crippen LogP contribution in [0.2, 0.25) is 0 Å². The van der Waals surface area contributed by atoms with Crippen LogP contribution in [0, 0.1) is 4.77 Å². The van der Waals surface area contributed by atoms with Gasteiger partial charge in [-0.3, -0.25) is 0 Å². The van der Waals surface area contributed by atoms with E-state index in [2.05, 4.69) is 4.98 Å². The van der Waals surface area contributed by atoms with Crippen molar-refractivity contribution in [2.45, 2.75) is 38.9 Å². The molecule has 0 aliphatic heterocycles. The van der Waals surface area contributed by atoms with E-state index in [9.17, 15) is 13.2 Å². The summed E-state index contributed by atoms with van der Waals surface area (Å²) in [6.45, 7) is 4.08. The average molecular weight is 288 g/mol. The molecule has 2 rings (SSSR count). The van der Waals surface area contributed by atoms with E-state index in [4.69, 9.17) is 12.2 Å². The van der Waals surface area contributed by atoms with Gasteiger partial charge in [-0.25, -0.2) is 0 Å². The summed E-state index contributed by atoms with van der Waals surface area (Å²) in [5, 5.41) is 0. The third-order valence-corrected chi connectivity index (χ3v) is 3.65. The summed E-state index contributed by atoms with van der Waals surface area (Å²) >= 11 is 5.22. The molecule has 0 spiro atoms. The predicted octanol–water partition coefficient (Wildman–Crippen LogP) is 5.08. The number of halogens is 3. The zero-order chi connectivity index (χ0) is 14.2. The Morgan fingerprint density at radius 1 is 1.26 bits per heavy atom. The third kappa shape index (κ3) is 2.54. The predicted molar refractivity (Wildman–Crippen MR) is 71.7 cm³/mol. The summed E-state index contributed by atoms with van der Waals surface area (Å²) in [7, 11) is 0. The van der Waals surface area contributed by atoms with Crippen LogP contribution in [0.1, 0.15) is 38.3 Å². The van der Waals surface area contributed by atoms with Crippen LogP contribution in [0.25, 0.3) is 11.0 Å². The largest absolute Gasteiger partial charge is 0.416 e. The Kier molecular flexibility index (Phi) is 3.71. The number of benzene rings is 1. The highest BCUT2D eigenvalue weighted by Crippen LogP contribution is 2.32. The number of H-pyrrole nitrogens is 1. The van der Waals surface area contributed by atoms with Crippen molar-refractivity contribution in [1.82, 2.24) is 9.55 Å². The molecule has 0 saturated carbocycles. The Hall–Kier alpha value is -1.30. The van der Waals surface area contributed by atoms with Crippen molar-refractivity contribution in [2.24, 2.45) is 0 Å². The fraction of sp³-hybridized carbons (Fsp3) is 0.462. The minimum atomic E-state index is -4.33. The van der Waals surface area contributed by atoms with Gasteiger partial charge in [0.05, 0.1) is 16.6 Å². The molecule has 19 heavy (non-hydrogen) atoms. The molecular weight excluding hydrogens is 273 g/mol. The number of alkyl halides is 3. The van der Waals surface area contributed by atoms with Gasteiger partial charge in [-0.05, 0) is 43.3 Å². The highest BCUT2D eigenvalue weighted by molar-refractivity contribution is 7.71. The van der Waals surface area contributed by atoms with Crippen LogP contribution >= 0.6 is 12.2 Å². The monoisotopic (exact) mass is 288 g/mol. The van der Waals surface area contributed by atoms with E-state index in [1.807, 2.05) is 18.4 Å². The molecule has 1 N–H and O–H groups in total. The summed E-state index contributed by atoms with van der Waals surface area (Å²) < 4.78 is 40.4. The van der Waals surface area contributed by atoms with Crippen molar-refractivity contribution in [2.75, 3.05) is 0 Å². The van der Waals surface area contributed by atoms with Gasteiger partial charge in [-0.2, -0.15) is 13.2 Å². The minimum absolute atomic E-state index is 0.206. The molecule has 6 heteroatoms. The molecule has 1 aromatic heterocycles. The van der Waals surface area contributed by atoms with Crippen molar-refractivity contribution in [3.63, 3.8) is 0 Å². The Morgan fingerprint density at radius 2 is 1.89 bits per heavy atom. The van der Waals surface area contributed by atoms with Gasteiger partial charge in [0.25, 0.3) is 0 Å². The first-order chi connectivity index (χ1) is 8.88. The Morgan fingerprint density at radius 3 is 2.42 bits per heavy atom. The summed E-state index contributed by atoms with van der Waals surface area (Å²) in [6.07, 6.45) is -2.56. The van der Waals surface area contributed by atoms with Gasteiger partial charge in [0.1, 0.15) is 0 Å². The van der Waals surface area contributed by atoms with Crippen molar-refractivity contribution in [3.05, 3.63) is 28.5 Å². The van der Waals surface area contributed by atoms with Crippen LogP contribution in [-0.2, 0) is 6.18 Å². The standard InChI is InChI=1S/C13H15F3N2S/c1-3-9(4-2)18-11-6-5-8(13(14,15)16)7-10(11)17-12(18)19/h5-7,9H,3-4H2,1-2H3,(H,17,19). The van der Waals surface area contributed by atoms with Gasteiger partial charge in [0.2, 0.25) is 0 Å². The molecule has 104 valence electrons. The van der Waals surface area contributed by atoms with Gasteiger partial charge in [0.15, 0.2) is 4.77 Å². The number of nitrogens with zero attached hydrogens (tertiary/aromatic N) is 1. The zero-order valence-electron chi connectivity index (χ0n) is 10.7. The molecule has 2 nitrogen and oxygen atoms in total. The normalized spacial score (nSPS) is 12.5. The smallest absolute Gasteiger partial charge is 0.331 e. The van der Waals surface area contributed by atoms with E-state index in [-0.39, 0.29) is 6.04 Å². The molecule has 0 radical (unpaired) electrons. The maximum Gasteiger partial charge on any atom is 0.416 e. The fourth-order valence-electron chi connectivity index (χ4n) is 2.32. The van der Waals surface area contributed by atoms with Crippen LogP contribution in [0.5, 0.6) is 0 Å². The highest BCUT2D eigenvalue weighted by Gasteiger charge is 2.31. The van der Waals surface area contributed by atoms with E-state index in [1.54, 1.807) is 0 Å². The summed E-state index contributed by atoms with van der Waals surface area (Å²) in [5.41, 5.74) is 0.506. The second kappa shape index (κ2) is 5.00. The molecule has 0 bridgehead atoms. The zero-order valence-corrected chi connectivity index (χ0v) is 11.5. The van der Waals surface area contributed by atoms with Gasteiger partial charge < -0.3 is 9.55 Å². The molecule has 0 saturated heterocycles. The molecular formula is C13H15F3N2S. The second-order valence-corrected chi connectivity index (χ2v) is 4.89. The number of nitrogens with one attached hydrogen (secondary N) is 1. The maximum absolute atomic E-state index is 12.7. The lowest BCUT2D eigenvalue weighted by Gasteiger charge is -2.15. The van der Waals surface area contributed by atoms with Crippen LogP contribution in [0.4, 0.5) is 13.2 Å². The molecule has 0 aliphatic carbocycles. The first-order valence-electron chi connectivity index (χ1n) is 6.20. The molecule has 0 unspecified atom stereocenters. The molecule has 1 heterocycles. The molecule has 0 aliphatic rings. The van der Waals surface area contributed by atoms with E-state index < -0.39 is 11.7 Å². The maximum atomic E-state index is 12.7. The first kappa shape index (κ1) is 14.1. The lowest BCUT2D eigenvalue weighted by atomic mass is 10.1. The molecule has 0 fully saturated rings. The molecule has 2 aromatic rings. The quantitative estimate of drug-likeness (QED) is 0.781. The van der Waals surface area contributed by atoms with Crippen LogP contribution in [-0.4, -0.2) is 9.55 Å². The Balaban J connectivity index is 2.64. The van der Waals surface area contributed by atoms with Crippen LogP contribution in [0.15, 0.2) is 18.2 Å². The van der Waals surface area contributed by atoms with Crippen molar-refractivity contribution >= 4 is 23.3 Å². The third-order valence-electron chi connectivity index (χ3n) is 3.35. The fourth-order valence-corrected chi connectivity index (χ4v) is 2.68. The number of aromatic amines is 1. The van der Waals surface area contributed by atoms with E-state index in [0.29, 0.717) is 10.3 Å². The number of hydrogen-bond donors (Lipinski definition) is 1. The Bertz CT molecular complexity index is 635.